The maximum Gasteiger partial charge on any atom is 0.222 e. The summed E-state index contributed by atoms with van der Waals surface area (Å²) in [5, 5.41) is 0. The summed E-state index contributed by atoms with van der Waals surface area (Å²) < 4.78 is 0. The van der Waals surface area contributed by atoms with Crippen LogP contribution >= 0.6 is 0 Å². The highest BCUT2D eigenvalue weighted by Crippen LogP contribution is 2.56. The fourth-order valence-corrected chi connectivity index (χ4v) is 3.83. The van der Waals surface area contributed by atoms with E-state index in [2.05, 4.69) is 32.6 Å². The lowest BCUT2D eigenvalue weighted by Gasteiger charge is -2.41. The molecule has 2 bridgehead atoms. The van der Waals surface area contributed by atoms with Crippen LogP contribution in [-0.2, 0) is 4.79 Å². The number of rotatable bonds is 2. The quantitative estimate of drug-likeness (QED) is 0.685. The van der Waals surface area contributed by atoms with Crippen LogP contribution in [-0.4, -0.2) is 23.4 Å². The predicted octanol–water partition coefficient (Wildman–Crippen LogP) is 2.82. The van der Waals surface area contributed by atoms with Gasteiger partial charge in [0.2, 0.25) is 5.91 Å². The van der Waals surface area contributed by atoms with E-state index in [4.69, 9.17) is 0 Å². The molecule has 1 aliphatic carbocycles. The van der Waals surface area contributed by atoms with Crippen molar-refractivity contribution in [1.82, 2.24) is 4.90 Å². The lowest BCUT2D eigenvalue weighted by molar-refractivity contribution is -0.136. The first-order valence-corrected chi connectivity index (χ1v) is 6.17. The number of carbonyl (C=O) groups is 1. The van der Waals surface area contributed by atoms with Crippen LogP contribution in [0.5, 0.6) is 0 Å². The third kappa shape index (κ3) is 1.68. The topological polar surface area (TPSA) is 20.3 Å². The highest BCUT2D eigenvalue weighted by Gasteiger charge is 2.56. The fraction of sp³-hybridized carbons (Fsp3) is 0.923. The van der Waals surface area contributed by atoms with Crippen molar-refractivity contribution in [2.24, 2.45) is 10.8 Å². The molecule has 0 aromatic carbocycles. The summed E-state index contributed by atoms with van der Waals surface area (Å²) in [6.45, 7) is 10.1. The smallest absolute Gasteiger partial charge is 0.222 e. The van der Waals surface area contributed by atoms with Gasteiger partial charge >= 0.3 is 0 Å². The Kier molecular flexibility index (Phi) is 2.36. The zero-order valence-electron chi connectivity index (χ0n) is 10.5. The summed E-state index contributed by atoms with van der Waals surface area (Å²) in [5.74, 6) is 0.374. The zero-order chi connectivity index (χ0) is 11.3. The Morgan fingerprint density at radius 1 is 1.40 bits per heavy atom. The Morgan fingerprint density at radius 2 is 2.07 bits per heavy atom. The van der Waals surface area contributed by atoms with Crippen LogP contribution in [0, 0.1) is 10.8 Å². The number of carbonyl (C=O) groups excluding carboxylic acids is 1. The highest BCUT2D eigenvalue weighted by atomic mass is 16.2. The Labute approximate surface area is 93.0 Å². The van der Waals surface area contributed by atoms with E-state index in [1.165, 1.54) is 12.8 Å². The summed E-state index contributed by atoms with van der Waals surface area (Å²) >= 11 is 0. The number of piperidine rings is 1. The molecule has 2 fully saturated rings. The molecule has 1 saturated heterocycles. The van der Waals surface area contributed by atoms with Crippen LogP contribution in [0.2, 0.25) is 0 Å². The van der Waals surface area contributed by atoms with Crippen LogP contribution in [0.1, 0.15) is 53.4 Å². The molecule has 0 spiro atoms. The maximum absolute atomic E-state index is 12.0. The number of likely N-dealkylation sites (tertiary alicyclic amines) is 1. The van der Waals surface area contributed by atoms with Gasteiger partial charge in [0.15, 0.2) is 0 Å². The first-order chi connectivity index (χ1) is 6.88. The van der Waals surface area contributed by atoms with Crippen molar-refractivity contribution in [3.63, 3.8) is 0 Å². The third-order valence-electron chi connectivity index (χ3n) is 4.18. The third-order valence-corrected chi connectivity index (χ3v) is 4.18. The molecule has 1 heterocycles. The number of hydrogen-bond acceptors (Lipinski definition) is 1. The van der Waals surface area contributed by atoms with Crippen molar-refractivity contribution in [3.8, 4) is 0 Å². The molecule has 1 saturated carbocycles. The molecule has 1 amide bonds. The standard InChI is InChI=1S/C13H23NO/c1-5-6-11(15)14-9-13(4)7-10(14)12(2,3)8-13/h10H,5-9H2,1-4H3/t10-,13+/m1/s1. The molecule has 2 nitrogen and oxygen atoms in total. The predicted molar refractivity (Wildman–Crippen MR) is 61.5 cm³/mol. The van der Waals surface area contributed by atoms with Crippen molar-refractivity contribution in [2.45, 2.75) is 59.4 Å². The Bertz CT molecular complexity index is 282. The Balaban J connectivity index is 2.15. The molecule has 0 aromatic heterocycles. The van der Waals surface area contributed by atoms with E-state index in [9.17, 15) is 4.79 Å². The van der Waals surface area contributed by atoms with E-state index in [0.29, 0.717) is 22.8 Å². The summed E-state index contributed by atoms with van der Waals surface area (Å²) in [6, 6.07) is 0.501. The van der Waals surface area contributed by atoms with E-state index in [1.54, 1.807) is 0 Å². The van der Waals surface area contributed by atoms with Crippen molar-refractivity contribution < 1.29 is 4.79 Å². The number of fused-ring (bicyclic) bond motifs is 2. The van der Waals surface area contributed by atoms with Crippen LogP contribution in [0.25, 0.3) is 0 Å². The van der Waals surface area contributed by atoms with Crippen LogP contribution < -0.4 is 0 Å². The van der Waals surface area contributed by atoms with Gasteiger partial charge in [-0.15, -0.1) is 0 Å². The first kappa shape index (κ1) is 11.0. The molecule has 0 N–H and O–H groups in total. The van der Waals surface area contributed by atoms with Crippen molar-refractivity contribution in [2.75, 3.05) is 6.54 Å². The average molecular weight is 209 g/mol. The first-order valence-electron chi connectivity index (χ1n) is 6.17. The van der Waals surface area contributed by atoms with Gasteiger partial charge in [0.25, 0.3) is 0 Å². The molecule has 2 heteroatoms. The lowest BCUT2D eigenvalue weighted by atomic mass is 9.79. The molecule has 1 aliphatic heterocycles. The van der Waals surface area contributed by atoms with Gasteiger partial charge in [-0.1, -0.05) is 27.7 Å². The summed E-state index contributed by atoms with van der Waals surface area (Å²) in [7, 11) is 0. The van der Waals surface area contributed by atoms with E-state index in [0.717, 1.165) is 19.4 Å². The highest BCUT2D eigenvalue weighted by molar-refractivity contribution is 5.77. The Hall–Kier alpha value is -0.530. The number of amides is 1. The second-order valence-corrected chi connectivity index (χ2v) is 6.47. The molecular formula is C13H23NO. The molecule has 2 atom stereocenters. The van der Waals surface area contributed by atoms with Gasteiger partial charge in [-0.3, -0.25) is 4.79 Å². The van der Waals surface area contributed by atoms with Crippen LogP contribution in [0.4, 0.5) is 0 Å². The molecule has 2 rings (SSSR count). The van der Waals surface area contributed by atoms with Crippen molar-refractivity contribution >= 4 is 5.91 Å². The molecule has 0 radical (unpaired) electrons. The molecule has 2 aliphatic rings. The molecule has 86 valence electrons. The van der Waals surface area contributed by atoms with Gasteiger partial charge < -0.3 is 4.90 Å². The van der Waals surface area contributed by atoms with Crippen LogP contribution in [0.3, 0.4) is 0 Å². The lowest BCUT2D eigenvalue weighted by Crippen LogP contribution is -2.47. The average Bonchev–Trinajstić information content (AvgIpc) is 2.53. The van der Waals surface area contributed by atoms with Gasteiger partial charge in [0.05, 0.1) is 0 Å². The molecule has 0 aromatic rings. The zero-order valence-corrected chi connectivity index (χ0v) is 10.5. The molecule has 0 unspecified atom stereocenters. The fourth-order valence-electron chi connectivity index (χ4n) is 3.83. The number of nitrogens with zero attached hydrogens (tertiary/aromatic N) is 1. The minimum absolute atomic E-state index is 0.330. The monoisotopic (exact) mass is 209 g/mol. The van der Waals surface area contributed by atoms with Gasteiger partial charge in [-0.05, 0) is 30.1 Å². The molecular weight excluding hydrogens is 186 g/mol. The van der Waals surface area contributed by atoms with E-state index in [1.807, 2.05) is 0 Å². The largest absolute Gasteiger partial charge is 0.339 e. The minimum atomic E-state index is 0.330. The Morgan fingerprint density at radius 3 is 2.53 bits per heavy atom. The van der Waals surface area contributed by atoms with Gasteiger partial charge in [-0.25, -0.2) is 0 Å². The van der Waals surface area contributed by atoms with Crippen LogP contribution in [0.15, 0.2) is 0 Å². The second-order valence-electron chi connectivity index (χ2n) is 6.47. The van der Waals surface area contributed by atoms with E-state index in [-0.39, 0.29) is 0 Å². The summed E-state index contributed by atoms with van der Waals surface area (Å²) in [5.41, 5.74) is 0.730. The van der Waals surface area contributed by atoms with E-state index < -0.39 is 0 Å². The van der Waals surface area contributed by atoms with Crippen molar-refractivity contribution in [3.05, 3.63) is 0 Å². The minimum Gasteiger partial charge on any atom is -0.339 e. The maximum atomic E-state index is 12.0. The second kappa shape index (κ2) is 3.23. The van der Waals surface area contributed by atoms with Gasteiger partial charge in [0, 0.05) is 19.0 Å². The summed E-state index contributed by atoms with van der Waals surface area (Å²) in [4.78, 5) is 14.2. The van der Waals surface area contributed by atoms with Gasteiger partial charge in [-0.2, -0.15) is 0 Å². The number of hydrogen-bond donors (Lipinski definition) is 0. The van der Waals surface area contributed by atoms with Crippen molar-refractivity contribution in [1.29, 1.82) is 0 Å². The molecule has 15 heavy (non-hydrogen) atoms. The SMILES string of the molecule is CCCC(=O)N1C[C@@]2(C)C[C@@H]1C(C)(C)C2. The van der Waals surface area contributed by atoms with E-state index >= 15 is 0 Å². The normalized spacial score (nSPS) is 37.3. The summed E-state index contributed by atoms with van der Waals surface area (Å²) in [6.07, 6.45) is 4.19. The van der Waals surface area contributed by atoms with Gasteiger partial charge in [0.1, 0.15) is 0 Å².